The van der Waals surface area contributed by atoms with Crippen LogP contribution in [0.5, 0.6) is 0 Å². The van der Waals surface area contributed by atoms with E-state index in [1.165, 1.54) is 23.1 Å². The molecular weight excluding hydrogens is 424 g/mol. The van der Waals surface area contributed by atoms with Crippen molar-refractivity contribution in [1.82, 2.24) is 14.5 Å². The summed E-state index contributed by atoms with van der Waals surface area (Å²) in [5.41, 5.74) is 0.446. The third-order valence-electron chi connectivity index (χ3n) is 4.87. The topological polar surface area (TPSA) is 114 Å². The number of hydrogen-bond donors (Lipinski definition) is 2. The van der Waals surface area contributed by atoms with Crippen LogP contribution in [-0.4, -0.2) is 39.1 Å². The van der Waals surface area contributed by atoms with Crippen molar-refractivity contribution in [3.63, 3.8) is 0 Å². The average Bonchev–Trinajstić information content (AvgIpc) is 2.72. The summed E-state index contributed by atoms with van der Waals surface area (Å²) in [4.78, 5) is 53.6. The third kappa shape index (κ3) is 5.68. The van der Waals surface area contributed by atoms with Crippen LogP contribution in [0, 0.1) is 0 Å². The lowest BCUT2D eigenvalue weighted by Gasteiger charge is -2.24. The fraction of sp³-hybridized carbons (Fsp3) is 0.333. The summed E-state index contributed by atoms with van der Waals surface area (Å²) in [5, 5.41) is 3.14. The van der Waals surface area contributed by atoms with Crippen LogP contribution in [0.2, 0.25) is 0 Å². The van der Waals surface area contributed by atoms with E-state index < -0.39 is 28.9 Å². The number of amides is 2. The SMILES string of the molecule is CCn1c(=O)[nH]c2cc(C(=O)Nc3cccc(CN(C)C(=O)OC(C)(C)C)c3)ccc2c1=O. The number of carbonyl (C=O) groups excluding carboxylic acids is 2. The molecule has 2 amide bonds. The first kappa shape index (κ1) is 23.8. The second-order valence-corrected chi connectivity index (χ2v) is 8.73. The van der Waals surface area contributed by atoms with E-state index in [1.807, 2.05) is 6.07 Å². The van der Waals surface area contributed by atoms with E-state index in [0.717, 1.165) is 10.1 Å². The van der Waals surface area contributed by atoms with Gasteiger partial charge < -0.3 is 19.9 Å². The molecule has 0 aliphatic rings. The summed E-state index contributed by atoms with van der Waals surface area (Å²) >= 11 is 0. The zero-order valence-corrected chi connectivity index (χ0v) is 19.4. The van der Waals surface area contributed by atoms with Crippen molar-refractivity contribution < 1.29 is 14.3 Å². The number of carbonyl (C=O) groups is 2. The smallest absolute Gasteiger partial charge is 0.410 e. The molecule has 0 bridgehead atoms. The van der Waals surface area contributed by atoms with Gasteiger partial charge in [-0.25, -0.2) is 9.59 Å². The van der Waals surface area contributed by atoms with Gasteiger partial charge in [0.15, 0.2) is 0 Å². The van der Waals surface area contributed by atoms with Crippen molar-refractivity contribution in [2.24, 2.45) is 0 Å². The second kappa shape index (κ2) is 9.32. The van der Waals surface area contributed by atoms with Gasteiger partial charge in [0.2, 0.25) is 0 Å². The van der Waals surface area contributed by atoms with Gasteiger partial charge in [0.25, 0.3) is 11.5 Å². The highest BCUT2D eigenvalue weighted by Gasteiger charge is 2.20. The first-order valence-corrected chi connectivity index (χ1v) is 10.6. The van der Waals surface area contributed by atoms with Crippen molar-refractivity contribution in [1.29, 1.82) is 0 Å². The molecule has 0 fully saturated rings. The fourth-order valence-corrected chi connectivity index (χ4v) is 3.31. The van der Waals surface area contributed by atoms with E-state index >= 15 is 0 Å². The van der Waals surface area contributed by atoms with E-state index in [4.69, 9.17) is 4.74 Å². The predicted octanol–water partition coefficient (Wildman–Crippen LogP) is 3.33. The van der Waals surface area contributed by atoms with E-state index in [9.17, 15) is 19.2 Å². The number of rotatable bonds is 5. The molecule has 3 aromatic rings. The van der Waals surface area contributed by atoms with Gasteiger partial charge in [-0.05, 0) is 63.6 Å². The molecule has 0 aliphatic carbocycles. The Hall–Kier alpha value is -3.88. The molecule has 0 unspecified atom stereocenters. The second-order valence-electron chi connectivity index (χ2n) is 8.73. The summed E-state index contributed by atoms with van der Waals surface area (Å²) < 4.78 is 6.46. The Kier molecular flexibility index (Phi) is 6.71. The van der Waals surface area contributed by atoms with Gasteiger partial charge in [0.05, 0.1) is 10.9 Å². The molecule has 2 aromatic carbocycles. The van der Waals surface area contributed by atoms with E-state index in [1.54, 1.807) is 52.9 Å². The van der Waals surface area contributed by atoms with Gasteiger partial charge in [-0.2, -0.15) is 0 Å². The lowest BCUT2D eigenvalue weighted by atomic mass is 10.1. The van der Waals surface area contributed by atoms with Crippen LogP contribution in [0.25, 0.3) is 10.9 Å². The Balaban J connectivity index is 1.77. The maximum Gasteiger partial charge on any atom is 0.410 e. The van der Waals surface area contributed by atoms with Gasteiger partial charge in [-0.1, -0.05) is 12.1 Å². The first-order chi connectivity index (χ1) is 15.5. The molecule has 2 N–H and O–H groups in total. The number of ether oxygens (including phenoxy) is 1. The largest absolute Gasteiger partial charge is 0.444 e. The lowest BCUT2D eigenvalue weighted by molar-refractivity contribution is 0.0285. The quantitative estimate of drug-likeness (QED) is 0.616. The first-order valence-electron chi connectivity index (χ1n) is 10.6. The van der Waals surface area contributed by atoms with Crippen molar-refractivity contribution in [2.75, 3.05) is 12.4 Å². The number of nitrogens with zero attached hydrogens (tertiary/aromatic N) is 2. The normalized spacial score (nSPS) is 11.3. The average molecular weight is 453 g/mol. The molecule has 174 valence electrons. The number of aromatic nitrogens is 2. The zero-order chi connectivity index (χ0) is 24.3. The lowest BCUT2D eigenvalue weighted by Crippen LogP contribution is -2.34. The van der Waals surface area contributed by atoms with Crippen LogP contribution in [0.1, 0.15) is 43.6 Å². The number of nitrogens with one attached hydrogen (secondary N) is 2. The summed E-state index contributed by atoms with van der Waals surface area (Å²) in [6.45, 7) is 7.68. The molecule has 1 aromatic heterocycles. The molecule has 0 atom stereocenters. The van der Waals surface area contributed by atoms with Crippen LogP contribution < -0.4 is 16.6 Å². The van der Waals surface area contributed by atoms with Gasteiger partial charge in [-0.15, -0.1) is 0 Å². The fourth-order valence-electron chi connectivity index (χ4n) is 3.31. The molecule has 3 rings (SSSR count). The Morgan fingerprint density at radius 2 is 1.85 bits per heavy atom. The summed E-state index contributed by atoms with van der Waals surface area (Å²) in [5.74, 6) is -0.393. The minimum Gasteiger partial charge on any atom is -0.444 e. The van der Waals surface area contributed by atoms with Crippen molar-refractivity contribution in [3.05, 3.63) is 74.4 Å². The molecule has 0 spiro atoms. The Labute approximate surface area is 191 Å². The summed E-state index contributed by atoms with van der Waals surface area (Å²) in [7, 11) is 1.64. The van der Waals surface area contributed by atoms with Crippen LogP contribution in [0.3, 0.4) is 0 Å². The molecule has 9 nitrogen and oxygen atoms in total. The van der Waals surface area contributed by atoms with Crippen LogP contribution in [0.15, 0.2) is 52.1 Å². The maximum atomic E-state index is 12.8. The monoisotopic (exact) mass is 452 g/mol. The van der Waals surface area contributed by atoms with Crippen LogP contribution in [-0.2, 0) is 17.8 Å². The Morgan fingerprint density at radius 1 is 1.12 bits per heavy atom. The molecule has 0 saturated heterocycles. The molecular formula is C24H28N4O5. The number of benzene rings is 2. The number of H-pyrrole nitrogens is 1. The molecule has 0 saturated carbocycles. The van der Waals surface area contributed by atoms with Gasteiger partial charge in [0.1, 0.15) is 5.60 Å². The standard InChI is InChI=1S/C24H28N4O5/c1-6-28-21(30)18-11-10-16(13-19(18)26-22(28)31)20(29)25-17-9-7-8-15(12-17)14-27(5)23(32)33-24(2,3)4/h7-13H,6,14H2,1-5H3,(H,25,29)(H,26,31). The molecule has 1 heterocycles. The molecule has 9 heteroatoms. The Bertz CT molecular complexity index is 1320. The van der Waals surface area contributed by atoms with Crippen molar-refractivity contribution in [3.8, 4) is 0 Å². The van der Waals surface area contributed by atoms with E-state index in [0.29, 0.717) is 28.7 Å². The minimum absolute atomic E-state index is 0.256. The maximum absolute atomic E-state index is 12.8. The minimum atomic E-state index is -0.588. The predicted molar refractivity (Wildman–Crippen MR) is 127 cm³/mol. The number of hydrogen-bond acceptors (Lipinski definition) is 5. The molecule has 0 aliphatic heterocycles. The number of fused-ring (bicyclic) bond motifs is 1. The third-order valence-corrected chi connectivity index (χ3v) is 4.87. The van der Waals surface area contributed by atoms with Crippen LogP contribution in [0.4, 0.5) is 10.5 Å². The van der Waals surface area contributed by atoms with Gasteiger partial charge >= 0.3 is 11.8 Å². The van der Waals surface area contributed by atoms with E-state index in [2.05, 4.69) is 10.3 Å². The van der Waals surface area contributed by atoms with E-state index in [-0.39, 0.29) is 6.54 Å². The van der Waals surface area contributed by atoms with Crippen molar-refractivity contribution >= 4 is 28.6 Å². The Morgan fingerprint density at radius 3 is 2.52 bits per heavy atom. The van der Waals surface area contributed by atoms with Crippen LogP contribution >= 0.6 is 0 Å². The molecule has 0 radical (unpaired) electrons. The van der Waals surface area contributed by atoms with Gasteiger partial charge in [-0.3, -0.25) is 14.2 Å². The zero-order valence-electron chi connectivity index (χ0n) is 19.4. The highest BCUT2D eigenvalue weighted by Crippen LogP contribution is 2.17. The highest BCUT2D eigenvalue weighted by molar-refractivity contribution is 6.06. The van der Waals surface area contributed by atoms with Gasteiger partial charge in [0, 0.05) is 31.4 Å². The van der Waals surface area contributed by atoms with Crippen molar-refractivity contribution in [2.45, 2.75) is 46.4 Å². The number of anilines is 1. The summed E-state index contributed by atoms with van der Waals surface area (Å²) in [6, 6.07) is 11.7. The number of aromatic amines is 1. The molecule has 33 heavy (non-hydrogen) atoms. The summed E-state index contributed by atoms with van der Waals surface area (Å²) in [6.07, 6.45) is -0.441. The highest BCUT2D eigenvalue weighted by atomic mass is 16.6.